The zero-order valence-corrected chi connectivity index (χ0v) is 16.6. The quantitative estimate of drug-likeness (QED) is 0.766. The molecule has 7 nitrogen and oxygen atoms in total. The van der Waals surface area contributed by atoms with E-state index in [1.807, 2.05) is 0 Å². The summed E-state index contributed by atoms with van der Waals surface area (Å²) in [7, 11) is -3.19. The summed E-state index contributed by atoms with van der Waals surface area (Å²) in [6, 6.07) is 5.20. The van der Waals surface area contributed by atoms with E-state index < -0.39 is 33.9 Å². The van der Waals surface area contributed by atoms with E-state index in [2.05, 4.69) is 5.32 Å². The number of hydrogen-bond donors (Lipinski definition) is 1. The fraction of sp³-hybridized carbons (Fsp3) is 0.444. The van der Waals surface area contributed by atoms with Crippen LogP contribution in [-0.4, -0.2) is 49.5 Å². The summed E-state index contributed by atoms with van der Waals surface area (Å²) in [6.45, 7) is 3.54. The smallest absolute Gasteiger partial charge is 0.338 e. The first-order chi connectivity index (χ1) is 12.7. The Bertz CT molecular complexity index is 895. The summed E-state index contributed by atoms with van der Waals surface area (Å²) < 4.78 is 28.9. The van der Waals surface area contributed by atoms with Gasteiger partial charge in [-0.05, 0) is 38.0 Å². The Morgan fingerprint density at radius 1 is 1.33 bits per heavy atom. The molecular weight excluding hydrogens is 392 g/mol. The molecule has 0 unspecified atom stereocenters. The van der Waals surface area contributed by atoms with Gasteiger partial charge in [0, 0.05) is 10.7 Å². The molecule has 2 heterocycles. The monoisotopic (exact) mass is 412 g/mol. The van der Waals surface area contributed by atoms with E-state index in [0.717, 1.165) is 0 Å². The lowest BCUT2D eigenvalue weighted by atomic mass is 9.94. The molecule has 0 spiro atoms. The molecule has 0 saturated carbocycles. The Morgan fingerprint density at radius 2 is 2.00 bits per heavy atom. The average Bonchev–Trinajstić information content (AvgIpc) is 2.94. The van der Waals surface area contributed by atoms with Gasteiger partial charge < -0.3 is 10.1 Å². The van der Waals surface area contributed by atoms with Gasteiger partial charge >= 0.3 is 12.0 Å². The zero-order chi connectivity index (χ0) is 19.8. The fourth-order valence-electron chi connectivity index (χ4n) is 3.55. The van der Waals surface area contributed by atoms with Crippen molar-refractivity contribution in [2.24, 2.45) is 0 Å². The van der Waals surface area contributed by atoms with Gasteiger partial charge in [-0.1, -0.05) is 23.7 Å². The van der Waals surface area contributed by atoms with E-state index in [4.69, 9.17) is 16.3 Å². The Kier molecular flexibility index (Phi) is 5.48. The van der Waals surface area contributed by atoms with E-state index in [1.165, 1.54) is 4.90 Å². The van der Waals surface area contributed by atoms with E-state index in [1.54, 1.807) is 38.1 Å². The van der Waals surface area contributed by atoms with Gasteiger partial charge in [-0.2, -0.15) is 0 Å². The third-order valence-corrected chi connectivity index (χ3v) is 6.80. The Balaban J connectivity index is 2.05. The van der Waals surface area contributed by atoms with Crippen molar-refractivity contribution in [3.05, 3.63) is 46.1 Å². The molecule has 1 saturated heterocycles. The number of hydrogen-bond acceptors (Lipinski definition) is 5. The molecule has 27 heavy (non-hydrogen) atoms. The number of amides is 2. The van der Waals surface area contributed by atoms with Crippen LogP contribution >= 0.6 is 11.6 Å². The van der Waals surface area contributed by atoms with E-state index >= 15 is 0 Å². The normalized spacial score (nSPS) is 24.7. The Morgan fingerprint density at radius 3 is 2.56 bits per heavy atom. The van der Waals surface area contributed by atoms with Gasteiger partial charge in [-0.25, -0.2) is 18.0 Å². The van der Waals surface area contributed by atoms with Crippen molar-refractivity contribution < 1.29 is 22.7 Å². The minimum atomic E-state index is -3.19. The highest BCUT2D eigenvalue weighted by molar-refractivity contribution is 7.91. The van der Waals surface area contributed by atoms with E-state index in [9.17, 15) is 18.0 Å². The molecule has 2 atom stereocenters. The number of halogens is 1. The highest BCUT2D eigenvalue weighted by atomic mass is 35.5. The summed E-state index contributed by atoms with van der Waals surface area (Å²) in [5.74, 6) is -0.621. The van der Waals surface area contributed by atoms with Crippen molar-refractivity contribution in [1.29, 1.82) is 0 Å². The summed E-state index contributed by atoms with van der Waals surface area (Å²) >= 11 is 5.94. The minimum absolute atomic E-state index is 0.0318. The largest absolute Gasteiger partial charge is 0.463 e. The van der Waals surface area contributed by atoms with Crippen LogP contribution < -0.4 is 5.32 Å². The molecule has 9 heteroatoms. The maximum absolute atomic E-state index is 12.8. The number of sulfone groups is 1. The number of benzene rings is 1. The molecule has 0 bridgehead atoms. The topological polar surface area (TPSA) is 92.8 Å². The van der Waals surface area contributed by atoms with Crippen molar-refractivity contribution in [3.8, 4) is 0 Å². The number of nitrogens with one attached hydrogen (secondary N) is 1. The molecule has 0 aliphatic carbocycles. The molecule has 0 radical (unpaired) electrons. The molecule has 146 valence electrons. The highest BCUT2D eigenvalue weighted by Crippen LogP contribution is 2.34. The molecule has 1 fully saturated rings. The number of esters is 1. The van der Waals surface area contributed by atoms with Crippen molar-refractivity contribution >= 4 is 33.4 Å². The van der Waals surface area contributed by atoms with Crippen LogP contribution in [0.25, 0.3) is 0 Å². The molecule has 1 aromatic carbocycles. The number of ether oxygens (including phenoxy) is 1. The fourth-order valence-corrected chi connectivity index (χ4v) is 5.38. The third kappa shape index (κ3) is 3.96. The molecule has 1 N–H and O–H groups in total. The van der Waals surface area contributed by atoms with E-state index in [0.29, 0.717) is 28.3 Å². The predicted molar refractivity (Wildman–Crippen MR) is 101 cm³/mol. The van der Waals surface area contributed by atoms with Crippen LogP contribution in [0.5, 0.6) is 0 Å². The standard InChI is InChI=1S/C18H21ClN2O5S/c1-3-26-17(22)15-11(2)21(14-8-9-27(24,25)10-14)18(23)20-16(15)12-4-6-13(19)7-5-12/h4-7,14,16H,3,8-10H2,1-2H3,(H,20,23)/t14-,16-/m0/s1. The molecule has 3 rings (SSSR count). The van der Waals surface area contributed by atoms with Crippen LogP contribution in [0.4, 0.5) is 4.79 Å². The van der Waals surface area contributed by atoms with Crippen LogP contribution in [0.3, 0.4) is 0 Å². The van der Waals surface area contributed by atoms with Crippen LogP contribution in [0, 0.1) is 0 Å². The first kappa shape index (κ1) is 19.7. The zero-order valence-electron chi connectivity index (χ0n) is 15.1. The third-order valence-electron chi connectivity index (χ3n) is 4.80. The second-order valence-electron chi connectivity index (χ2n) is 6.58. The maximum atomic E-state index is 12.8. The molecule has 2 aliphatic heterocycles. The predicted octanol–water partition coefficient (Wildman–Crippen LogP) is 2.43. The molecule has 2 amide bonds. The van der Waals surface area contributed by atoms with Gasteiger partial charge in [0.05, 0.1) is 35.8 Å². The molecular formula is C18H21ClN2O5S. The summed E-state index contributed by atoms with van der Waals surface area (Å²) in [6.07, 6.45) is 0.342. The number of nitrogens with zero attached hydrogens (tertiary/aromatic N) is 1. The Labute approximate surface area is 163 Å². The first-order valence-electron chi connectivity index (χ1n) is 8.67. The van der Waals surface area contributed by atoms with Gasteiger partial charge in [0.1, 0.15) is 0 Å². The van der Waals surface area contributed by atoms with Crippen LogP contribution in [0.15, 0.2) is 35.5 Å². The average molecular weight is 413 g/mol. The van der Waals surface area contributed by atoms with Crippen LogP contribution in [0.2, 0.25) is 5.02 Å². The van der Waals surface area contributed by atoms with Gasteiger partial charge in [-0.3, -0.25) is 4.90 Å². The molecule has 1 aromatic rings. The van der Waals surface area contributed by atoms with Crippen molar-refractivity contribution in [2.75, 3.05) is 18.1 Å². The lowest BCUT2D eigenvalue weighted by Gasteiger charge is -2.38. The summed E-state index contributed by atoms with van der Waals surface area (Å²) in [5, 5.41) is 3.36. The van der Waals surface area contributed by atoms with Gasteiger partial charge in [0.15, 0.2) is 9.84 Å². The molecule has 0 aromatic heterocycles. The lowest BCUT2D eigenvalue weighted by Crippen LogP contribution is -2.52. The highest BCUT2D eigenvalue weighted by Gasteiger charge is 2.42. The van der Waals surface area contributed by atoms with Gasteiger partial charge in [-0.15, -0.1) is 0 Å². The van der Waals surface area contributed by atoms with Gasteiger partial charge in [0.25, 0.3) is 0 Å². The van der Waals surface area contributed by atoms with Crippen LogP contribution in [-0.2, 0) is 19.4 Å². The first-order valence-corrected chi connectivity index (χ1v) is 10.9. The maximum Gasteiger partial charge on any atom is 0.338 e. The lowest BCUT2D eigenvalue weighted by molar-refractivity contribution is -0.139. The minimum Gasteiger partial charge on any atom is -0.463 e. The van der Waals surface area contributed by atoms with Crippen molar-refractivity contribution in [2.45, 2.75) is 32.4 Å². The number of urea groups is 1. The Hall–Kier alpha value is -2.06. The van der Waals surface area contributed by atoms with Gasteiger partial charge in [0.2, 0.25) is 0 Å². The van der Waals surface area contributed by atoms with Crippen molar-refractivity contribution in [3.63, 3.8) is 0 Å². The van der Waals surface area contributed by atoms with Crippen molar-refractivity contribution in [1.82, 2.24) is 10.2 Å². The number of carbonyl (C=O) groups excluding carboxylic acids is 2. The second-order valence-corrected chi connectivity index (χ2v) is 9.25. The molecule has 2 aliphatic rings. The summed E-state index contributed by atoms with van der Waals surface area (Å²) in [4.78, 5) is 26.8. The van der Waals surface area contributed by atoms with E-state index in [-0.39, 0.29) is 18.1 Å². The summed E-state index contributed by atoms with van der Waals surface area (Å²) in [5.41, 5.74) is 1.40. The number of rotatable bonds is 4. The number of allylic oxidation sites excluding steroid dienone is 1. The van der Waals surface area contributed by atoms with Crippen LogP contribution in [0.1, 0.15) is 31.9 Å². The SMILES string of the molecule is CCOC(=O)C1=C(C)N([C@H]2CCS(=O)(=O)C2)C(=O)N[C@H]1c1ccc(Cl)cc1. The number of carbonyl (C=O) groups is 2. The second kappa shape index (κ2) is 7.52.